The van der Waals surface area contributed by atoms with Gasteiger partial charge >= 0.3 is 0 Å². The lowest BCUT2D eigenvalue weighted by atomic mass is 9.60. The number of amides is 5. The van der Waals surface area contributed by atoms with Crippen LogP contribution in [0.25, 0.3) is 0 Å². The molecule has 2 heterocycles. The van der Waals surface area contributed by atoms with E-state index < -0.39 is 46.8 Å². The number of fused-ring (bicyclic) bond motifs is 1. The molecule has 5 aliphatic rings. The van der Waals surface area contributed by atoms with Crippen molar-refractivity contribution in [1.29, 1.82) is 0 Å². The van der Waals surface area contributed by atoms with Gasteiger partial charge in [-0.3, -0.25) is 28.9 Å². The predicted octanol–water partition coefficient (Wildman–Crippen LogP) is 6.31. The Morgan fingerprint density at radius 2 is 1.51 bits per heavy atom. The number of carbonyl (C=O) groups is 5. The summed E-state index contributed by atoms with van der Waals surface area (Å²) in [7, 11) is 0. The van der Waals surface area contributed by atoms with Crippen LogP contribution in [0.2, 0.25) is 0 Å². The van der Waals surface area contributed by atoms with Crippen molar-refractivity contribution in [3.05, 3.63) is 24.0 Å². The first-order valence-corrected chi connectivity index (χ1v) is 23.0. The fourth-order valence-electron chi connectivity index (χ4n) is 11.5. The Labute approximate surface area is 354 Å². The lowest BCUT2D eigenvalue weighted by Gasteiger charge is -2.44. The zero-order valence-electron chi connectivity index (χ0n) is 38.0. The number of aliphatic hydroxyl groups excluding tert-OH is 1. The fraction of sp³-hybridized carbons (Fsp3) is 0.809. The van der Waals surface area contributed by atoms with Gasteiger partial charge in [0, 0.05) is 24.0 Å². The van der Waals surface area contributed by atoms with E-state index in [4.69, 9.17) is 0 Å². The van der Waals surface area contributed by atoms with Gasteiger partial charge in [0.2, 0.25) is 23.6 Å². The van der Waals surface area contributed by atoms with Crippen molar-refractivity contribution in [2.75, 3.05) is 13.1 Å². The smallest absolute Gasteiger partial charge is 0.252 e. The minimum atomic E-state index is -1.00. The third-order valence-electron chi connectivity index (χ3n) is 15.1. The molecule has 8 atom stereocenters. The van der Waals surface area contributed by atoms with Gasteiger partial charge in [-0.2, -0.15) is 0 Å². The fourth-order valence-corrected chi connectivity index (χ4v) is 11.5. The van der Waals surface area contributed by atoms with Crippen LogP contribution in [0.5, 0.6) is 0 Å². The third kappa shape index (κ3) is 9.42. The Hall–Kier alpha value is -3.41. The number of rotatable bonds is 14. The summed E-state index contributed by atoms with van der Waals surface area (Å²) in [6.07, 6.45) is 11.7. The molecule has 5 rings (SSSR count). The van der Waals surface area contributed by atoms with Crippen molar-refractivity contribution in [1.82, 2.24) is 31.1 Å². The van der Waals surface area contributed by atoms with Crippen LogP contribution in [0, 0.1) is 34.0 Å². The maximum absolute atomic E-state index is 15.4. The largest absolute Gasteiger partial charge is 0.515 e. The molecule has 0 radical (unpaired) electrons. The second kappa shape index (κ2) is 18.7. The van der Waals surface area contributed by atoms with Gasteiger partial charge in [-0.1, -0.05) is 85.8 Å². The number of nitrogens with zero attached hydrogens (tertiary/aromatic N) is 2. The van der Waals surface area contributed by atoms with E-state index in [1.807, 2.05) is 41.5 Å². The number of likely N-dealkylation sites (tertiary alicyclic amines) is 2. The van der Waals surface area contributed by atoms with Crippen LogP contribution in [-0.2, 0) is 24.0 Å². The molecule has 3 aliphatic carbocycles. The van der Waals surface area contributed by atoms with Gasteiger partial charge in [-0.05, 0) is 114 Å². The zero-order chi connectivity index (χ0) is 43.6. The van der Waals surface area contributed by atoms with Gasteiger partial charge in [-0.15, -0.1) is 0 Å². The van der Waals surface area contributed by atoms with E-state index in [1.54, 1.807) is 4.90 Å². The van der Waals surface area contributed by atoms with Crippen LogP contribution < -0.4 is 21.3 Å². The summed E-state index contributed by atoms with van der Waals surface area (Å²) in [5, 5.41) is 22.6. The topological polar surface area (TPSA) is 160 Å². The molecule has 12 nitrogen and oxygen atoms in total. The SMILES string of the molecule is C=C1C2CCC2C(C)(C)[C@]12C[C@@H](C(=O)N[C@@H](CCC)C(=CO)C(=O)NC(C)C)N(C(=O)[C@@H](NC(=O)[C@@H](NC(=O)[C@@H]1CCCCN1C(C)C)C1CCCCC1)C(C)(C)C)C2. The van der Waals surface area contributed by atoms with Crippen LogP contribution in [0.1, 0.15) is 153 Å². The van der Waals surface area contributed by atoms with Crippen molar-refractivity contribution in [2.45, 2.75) is 195 Å². The molecule has 5 fully saturated rings. The van der Waals surface area contributed by atoms with Gasteiger partial charge in [-0.25, -0.2) is 0 Å². The molecule has 0 aromatic carbocycles. The maximum Gasteiger partial charge on any atom is 0.252 e. The van der Waals surface area contributed by atoms with E-state index in [0.717, 1.165) is 82.6 Å². The minimum absolute atomic E-state index is 0.0525. The van der Waals surface area contributed by atoms with Crippen molar-refractivity contribution in [2.24, 2.45) is 34.0 Å². The molecule has 12 heteroatoms. The molecule has 59 heavy (non-hydrogen) atoms. The second-order valence-corrected chi connectivity index (χ2v) is 20.9. The molecule has 5 N–H and O–H groups in total. The predicted molar refractivity (Wildman–Crippen MR) is 232 cm³/mol. The van der Waals surface area contributed by atoms with Crippen molar-refractivity contribution in [3.8, 4) is 0 Å². The summed E-state index contributed by atoms with van der Waals surface area (Å²) in [6.45, 7) is 25.9. The summed E-state index contributed by atoms with van der Waals surface area (Å²) in [5.41, 5.74) is -0.371. The molecule has 2 saturated heterocycles. The average Bonchev–Trinajstić information content (AvgIpc) is 3.62. The number of piperidine rings is 1. The highest BCUT2D eigenvalue weighted by atomic mass is 16.2. The summed E-state index contributed by atoms with van der Waals surface area (Å²) >= 11 is 0. The Balaban J connectivity index is 1.48. The maximum atomic E-state index is 15.4. The highest BCUT2D eigenvalue weighted by molar-refractivity contribution is 5.98. The number of hydrogen-bond donors (Lipinski definition) is 5. The summed E-state index contributed by atoms with van der Waals surface area (Å²) < 4.78 is 0. The van der Waals surface area contributed by atoms with E-state index in [-0.39, 0.29) is 59.3 Å². The van der Waals surface area contributed by atoms with E-state index in [9.17, 15) is 24.3 Å². The van der Waals surface area contributed by atoms with Crippen LogP contribution in [0.4, 0.5) is 0 Å². The monoisotopic (exact) mass is 823 g/mol. The highest BCUT2D eigenvalue weighted by Crippen LogP contribution is 2.71. The van der Waals surface area contributed by atoms with E-state index in [2.05, 4.69) is 60.4 Å². The number of hydrogen-bond acceptors (Lipinski definition) is 7. The molecule has 0 bridgehead atoms. The van der Waals surface area contributed by atoms with Gasteiger partial charge in [0.25, 0.3) is 5.91 Å². The van der Waals surface area contributed by atoms with Crippen molar-refractivity contribution < 1.29 is 29.1 Å². The molecule has 0 aromatic heterocycles. The Bertz CT molecular complexity index is 1610. The van der Waals surface area contributed by atoms with Crippen LogP contribution in [0.15, 0.2) is 24.0 Å². The van der Waals surface area contributed by atoms with E-state index in [0.29, 0.717) is 31.1 Å². The molecule has 1 spiro atoms. The van der Waals surface area contributed by atoms with Crippen molar-refractivity contribution >= 4 is 29.5 Å². The average molecular weight is 823 g/mol. The Morgan fingerprint density at radius 1 is 0.864 bits per heavy atom. The lowest BCUT2D eigenvalue weighted by molar-refractivity contribution is -0.145. The molecule has 5 amide bonds. The summed E-state index contributed by atoms with van der Waals surface area (Å²) in [4.78, 5) is 76.2. The molecule has 2 aliphatic heterocycles. The van der Waals surface area contributed by atoms with Crippen LogP contribution in [-0.4, -0.2) is 99.8 Å². The second-order valence-electron chi connectivity index (χ2n) is 20.9. The lowest BCUT2D eigenvalue weighted by Crippen LogP contribution is -2.63. The molecule has 2 unspecified atom stereocenters. The first-order chi connectivity index (χ1) is 27.7. The standard InChI is InChI=1S/C47H78N6O6/c1-12-18-35(33(26-54)40(55)48-28(2)3)49-42(57)37-25-47(30(6)32-22-23-34(32)46(47,10)11)27-53(37)44(59)39(45(7,8)9)51-43(58)38(31-19-14-13-15-20-31)50-41(56)36-21-16-17-24-52(36)29(4)5/h26,28-29,31-32,34-39,54H,6,12-25,27H2,1-5,7-11H3,(H,48,55)(H,49,57)(H,50,56)(H,51,58)/t32?,34?,35-,36-,37-,38-,39+,47-/m0/s1. The first kappa shape index (κ1) is 46.7. The highest BCUT2D eigenvalue weighted by Gasteiger charge is 2.68. The van der Waals surface area contributed by atoms with Crippen molar-refractivity contribution in [3.63, 3.8) is 0 Å². The number of carbonyl (C=O) groups excluding carboxylic acids is 5. The van der Waals surface area contributed by atoms with Crippen LogP contribution >= 0.6 is 0 Å². The molecular formula is C47H78N6O6. The minimum Gasteiger partial charge on any atom is -0.515 e. The van der Waals surface area contributed by atoms with Gasteiger partial charge < -0.3 is 31.3 Å². The first-order valence-electron chi connectivity index (χ1n) is 23.0. The van der Waals surface area contributed by atoms with E-state index in [1.165, 1.54) is 0 Å². The van der Waals surface area contributed by atoms with E-state index >= 15 is 4.79 Å². The number of nitrogens with one attached hydrogen (secondary N) is 4. The molecular weight excluding hydrogens is 745 g/mol. The molecule has 332 valence electrons. The molecule has 3 saturated carbocycles. The Kier molecular flexibility index (Phi) is 14.8. The van der Waals surface area contributed by atoms with Gasteiger partial charge in [0.05, 0.1) is 23.9 Å². The van der Waals surface area contributed by atoms with Gasteiger partial charge in [0.1, 0.15) is 18.1 Å². The summed E-state index contributed by atoms with van der Waals surface area (Å²) in [5.74, 6) is -1.02. The third-order valence-corrected chi connectivity index (χ3v) is 15.1. The van der Waals surface area contributed by atoms with Crippen LogP contribution in [0.3, 0.4) is 0 Å². The Morgan fingerprint density at radius 3 is 2.03 bits per heavy atom. The molecule has 0 aromatic rings. The van der Waals surface area contributed by atoms with Gasteiger partial charge in [0.15, 0.2) is 0 Å². The quantitative estimate of drug-likeness (QED) is 0.0781. The number of aliphatic hydroxyl groups is 1. The summed E-state index contributed by atoms with van der Waals surface area (Å²) in [6, 6.07) is -3.78. The normalized spacial score (nSPS) is 29.1. The zero-order valence-corrected chi connectivity index (χ0v) is 38.0.